The van der Waals surface area contributed by atoms with Crippen LogP contribution in [0, 0.1) is 11.3 Å². The summed E-state index contributed by atoms with van der Waals surface area (Å²) in [5, 5.41) is 9.92. The highest BCUT2D eigenvalue weighted by Gasteiger charge is 2.31. The summed E-state index contributed by atoms with van der Waals surface area (Å²) in [7, 11) is 2.25. The summed E-state index contributed by atoms with van der Waals surface area (Å²) in [4.78, 5) is 2.51. The third kappa shape index (κ3) is 5.27. The van der Waals surface area contributed by atoms with Crippen molar-refractivity contribution in [3.05, 3.63) is 0 Å². The summed E-state index contributed by atoms with van der Waals surface area (Å²) < 4.78 is 0. The lowest BCUT2D eigenvalue weighted by Gasteiger charge is -2.40. The lowest BCUT2D eigenvalue weighted by molar-refractivity contribution is 0.0312. The van der Waals surface area contributed by atoms with Crippen molar-refractivity contribution >= 4 is 0 Å². The van der Waals surface area contributed by atoms with Crippen LogP contribution in [0.2, 0.25) is 0 Å². The fourth-order valence-corrected chi connectivity index (χ4v) is 3.11. The maximum Gasteiger partial charge on any atom is 0.0555 e. The Morgan fingerprint density at radius 2 is 1.89 bits per heavy atom. The molecule has 0 radical (unpaired) electrons. The molecule has 0 amide bonds. The molecule has 0 spiro atoms. The van der Waals surface area contributed by atoms with Gasteiger partial charge in [0.05, 0.1) is 6.10 Å². The second-order valence-corrected chi connectivity index (χ2v) is 7.37. The first-order chi connectivity index (χ1) is 8.33. The van der Waals surface area contributed by atoms with Crippen LogP contribution in [-0.4, -0.2) is 35.7 Å². The van der Waals surface area contributed by atoms with Crippen molar-refractivity contribution in [3.8, 4) is 0 Å². The highest BCUT2D eigenvalue weighted by atomic mass is 16.3. The molecule has 1 saturated carbocycles. The van der Waals surface area contributed by atoms with Gasteiger partial charge in [-0.05, 0) is 57.0 Å². The minimum Gasteiger partial charge on any atom is -0.393 e. The summed E-state index contributed by atoms with van der Waals surface area (Å²) in [6.45, 7) is 10.3. The van der Waals surface area contributed by atoms with E-state index in [1.54, 1.807) is 0 Å². The van der Waals surface area contributed by atoms with Gasteiger partial charge < -0.3 is 10.0 Å². The summed E-state index contributed by atoms with van der Waals surface area (Å²) in [5.74, 6) is 0.795. The van der Waals surface area contributed by atoms with Crippen LogP contribution >= 0.6 is 0 Å². The molecule has 1 fully saturated rings. The maximum atomic E-state index is 9.92. The molecule has 1 aliphatic rings. The predicted octanol–water partition coefficient (Wildman–Crippen LogP) is 3.68. The van der Waals surface area contributed by atoms with E-state index in [0.717, 1.165) is 25.3 Å². The Bertz CT molecular complexity index is 234. The Hall–Kier alpha value is -0.0800. The summed E-state index contributed by atoms with van der Waals surface area (Å²) >= 11 is 0. The first kappa shape index (κ1) is 16.0. The zero-order chi connectivity index (χ0) is 13.8. The molecule has 1 aliphatic carbocycles. The van der Waals surface area contributed by atoms with Crippen LogP contribution < -0.4 is 0 Å². The van der Waals surface area contributed by atoms with Gasteiger partial charge >= 0.3 is 0 Å². The van der Waals surface area contributed by atoms with Crippen molar-refractivity contribution in [3.63, 3.8) is 0 Å². The molecule has 1 N–H and O–H groups in total. The van der Waals surface area contributed by atoms with Gasteiger partial charge in [-0.25, -0.2) is 0 Å². The van der Waals surface area contributed by atoms with E-state index in [1.165, 1.54) is 25.7 Å². The first-order valence-electron chi connectivity index (χ1n) is 7.72. The van der Waals surface area contributed by atoms with E-state index in [9.17, 15) is 5.11 Å². The first-order valence-corrected chi connectivity index (χ1v) is 7.72. The Kier molecular flexibility index (Phi) is 6.13. The van der Waals surface area contributed by atoms with Crippen LogP contribution in [0.25, 0.3) is 0 Å². The van der Waals surface area contributed by atoms with Gasteiger partial charge in [0, 0.05) is 6.04 Å². The molecule has 18 heavy (non-hydrogen) atoms. The number of hydrogen-bond donors (Lipinski definition) is 1. The third-order valence-electron chi connectivity index (χ3n) is 4.37. The van der Waals surface area contributed by atoms with E-state index < -0.39 is 0 Å². The minimum atomic E-state index is -0.0693. The molecule has 0 aliphatic heterocycles. The topological polar surface area (TPSA) is 23.5 Å². The van der Waals surface area contributed by atoms with Gasteiger partial charge in [0.2, 0.25) is 0 Å². The van der Waals surface area contributed by atoms with Gasteiger partial charge in [0.15, 0.2) is 0 Å². The van der Waals surface area contributed by atoms with Crippen molar-refractivity contribution in [2.75, 3.05) is 13.6 Å². The third-order valence-corrected chi connectivity index (χ3v) is 4.37. The van der Waals surface area contributed by atoms with Crippen LogP contribution in [-0.2, 0) is 0 Å². The molecule has 0 saturated heterocycles. The number of rotatable bonds is 5. The van der Waals surface area contributed by atoms with E-state index >= 15 is 0 Å². The quantitative estimate of drug-likeness (QED) is 0.810. The molecule has 0 aromatic heterocycles. The van der Waals surface area contributed by atoms with Crippen LogP contribution in [0.1, 0.15) is 66.2 Å². The fraction of sp³-hybridized carbons (Fsp3) is 1.00. The highest BCUT2D eigenvalue weighted by molar-refractivity contribution is 4.86. The van der Waals surface area contributed by atoms with E-state index in [4.69, 9.17) is 0 Å². The second kappa shape index (κ2) is 6.91. The van der Waals surface area contributed by atoms with Gasteiger partial charge in [0.1, 0.15) is 0 Å². The lowest BCUT2D eigenvalue weighted by atomic mass is 9.79. The Labute approximate surface area is 114 Å². The van der Waals surface area contributed by atoms with Crippen LogP contribution in [0.5, 0.6) is 0 Å². The number of aliphatic hydroxyl groups is 1. The van der Waals surface area contributed by atoms with Crippen LogP contribution in [0.3, 0.4) is 0 Å². The predicted molar refractivity (Wildman–Crippen MR) is 78.7 cm³/mol. The van der Waals surface area contributed by atoms with E-state index in [0.29, 0.717) is 11.5 Å². The van der Waals surface area contributed by atoms with Crippen molar-refractivity contribution in [1.82, 2.24) is 4.90 Å². The second-order valence-electron chi connectivity index (χ2n) is 7.37. The molecule has 0 bridgehead atoms. The zero-order valence-corrected chi connectivity index (χ0v) is 13.1. The van der Waals surface area contributed by atoms with Crippen LogP contribution in [0.4, 0.5) is 0 Å². The smallest absolute Gasteiger partial charge is 0.0555 e. The van der Waals surface area contributed by atoms with Gasteiger partial charge in [-0.2, -0.15) is 0 Å². The zero-order valence-electron chi connectivity index (χ0n) is 13.1. The molecule has 3 unspecified atom stereocenters. The van der Waals surface area contributed by atoms with Gasteiger partial charge in [0.25, 0.3) is 0 Å². The summed E-state index contributed by atoms with van der Waals surface area (Å²) in [6.07, 6.45) is 6.94. The molecular weight excluding hydrogens is 222 g/mol. The normalized spacial score (nSPS) is 29.8. The molecule has 2 nitrogen and oxygen atoms in total. The molecule has 0 heterocycles. The highest BCUT2D eigenvalue weighted by Crippen LogP contribution is 2.32. The summed E-state index contributed by atoms with van der Waals surface area (Å²) in [5.41, 5.74) is 0.405. The van der Waals surface area contributed by atoms with E-state index in [1.807, 2.05) is 0 Å². The Morgan fingerprint density at radius 1 is 1.22 bits per heavy atom. The number of aliphatic hydroxyl groups excluding tert-OH is 1. The molecule has 1 rings (SSSR count). The molecule has 108 valence electrons. The van der Waals surface area contributed by atoms with Crippen molar-refractivity contribution < 1.29 is 5.11 Å². The lowest BCUT2D eigenvalue weighted by Crippen LogP contribution is -2.44. The average molecular weight is 255 g/mol. The van der Waals surface area contributed by atoms with Crippen molar-refractivity contribution in [1.29, 1.82) is 0 Å². The SMILES string of the molecule is CCCC1CCC(O)CC1N(C)CCC(C)(C)C. The largest absolute Gasteiger partial charge is 0.393 e. The van der Waals surface area contributed by atoms with Crippen molar-refractivity contribution in [2.45, 2.75) is 78.4 Å². The molecule has 0 aromatic rings. The average Bonchev–Trinajstić information content (AvgIpc) is 2.27. The maximum absolute atomic E-state index is 9.92. The van der Waals surface area contributed by atoms with E-state index in [-0.39, 0.29) is 6.10 Å². The standard InChI is InChI=1S/C16H33NO/c1-6-7-13-8-9-14(18)12-15(13)17(5)11-10-16(2,3)4/h13-15,18H,6-12H2,1-5H3. The van der Waals surface area contributed by atoms with Crippen molar-refractivity contribution in [2.24, 2.45) is 11.3 Å². The summed E-state index contributed by atoms with van der Waals surface area (Å²) in [6, 6.07) is 0.594. The number of hydrogen-bond acceptors (Lipinski definition) is 2. The molecule has 2 heteroatoms. The monoisotopic (exact) mass is 255 g/mol. The number of nitrogens with zero attached hydrogens (tertiary/aromatic N) is 1. The Morgan fingerprint density at radius 3 is 2.44 bits per heavy atom. The van der Waals surface area contributed by atoms with Crippen LogP contribution in [0.15, 0.2) is 0 Å². The molecule has 3 atom stereocenters. The molecule has 0 aromatic carbocycles. The van der Waals surface area contributed by atoms with Gasteiger partial charge in [-0.3, -0.25) is 0 Å². The molecular formula is C16H33NO. The van der Waals surface area contributed by atoms with E-state index in [2.05, 4.69) is 39.6 Å². The van der Waals surface area contributed by atoms with Gasteiger partial charge in [-0.15, -0.1) is 0 Å². The fourth-order valence-electron chi connectivity index (χ4n) is 3.11. The van der Waals surface area contributed by atoms with Gasteiger partial charge in [-0.1, -0.05) is 34.1 Å². The Balaban J connectivity index is 2.52. The minimum absolute atomic E-state index is 0.0693.